The summed E-state index contributed by atoms with van der Waals surface area (Å²) in [5.41, 5.74) is 0. The van der Waals surface area contributed by atoms with Crippen molar-refractivity contribution in [2.45, 2.75) is 12.2 Å². The number of rotatable bonds is 3. The van der Waals surface area contributed by atoms with Crippen LogP contribution in [0.5, 0.6) is 0 Å². The Morgan fingerprint density at radius 3 is 2.62 bits per heavy atom. The molecule has 0 saturated carbocycles. The molecule has 1 unspecified atom stereocenters. The first-order chi connectivity index (χ1) is 3.85. The zero-order valence-electron chi connectivity index (χ0n) is 4.72. The largest absolute Gasteiger partial charge is 0.197 e. The van der Waals surface area contributed by atoms with Crippen LogP contribution in [-0.2, 0) is 0 Å². The molecular weight excluding hydrogens is 142 g/mol. The highest BCUT2D eigenvalue weighted by atomic mass is 35.5. The van der Waals surface area contributed by atoms with Crippen molar-refractivity contribution in [3.05, 3.63) is 0 Å². The standard InChI is InChI=1S/C5H8ClNS/c1-2-8-5(3-6)4-7/h5H,2-3H2,1H3. The molecule has 0 fully saturated rings. The van der Waals surface area contributed by atoms with Crippen LogP contribution >= 0.6 is 23.4 Å². The van der Waals surface area contributed by atoms with Gasteiger partial charge in [-0.25, -0.2) is 0 Å². The van der Waals surface area contributed by atoms with Gasteiger partial charge in [-0.3, -0.25) is 0 Å². The zero-order valence-corrected chi connectivity index (χ0v) is 6.30. The van der Waals surface area contributed by atoms with E-state index in [1.165, 1.54) is 0 Å². The van der Waals surface area contributed by atoms with Crippen LogP contribution in [0.15, 0.2) is 0 Å². The summed E-state index contributed by atoms with van der Waals surface area (Å²) in [5.74, 6) is 1.40. The van der Waals surface area contributed by atoms with Crippen LogP contribution in [0.4, 0.5) is 0 Å². The van der Waals surface area contributed by atoms with Gasteiger partial charge in [0, 0.05) is 5.88 Å². The van der Waals surface area contributed by atoms with Crippen molar-refractivity contribution in [3.63, 3.8) is 0 Å². The molecule has 0 rings (SSSR count). The molecule has 0 aromatic heterocycles. The molecule has 1 nitrogen and oxygen atoms in total. The van der Waals surface area contributed by atoms with E-state index in [-0.39, 0.29) is 5.25 Å². The minimum Gasteiger partial charge on any atom is -0.197 e. The Kier molecular flexibility index (Phi) is 5.36. The summed E-state index contributed by atoms with van der Waals surface area (Å²) >= 11 is 6.99. The zero-order chi connectivity index (χ0) is 6.41. The van der Waals surface area contributed by atoms with Crippen LogP contribution in [0.2, 0.25) is 0 Å². The first kappa shape index (κ1) is 8.13. The highest BCUT2D eigenvalue weighted by Crippen LogP contribution is 2.09. The molecule has 0 N–H and O–H groups in total. The average molecular weight is 150 g/mol. The molecule has 0 aliphatic carbocycles. The quantitative estimate of drug-likeness (QED) is 0.572. The third-order valence-electron chi connectivity index (χ3n) is 0.652. The molecule has 0 aliphatic heterocycles. The molecule has 0 bridgehead atoms. The predicted molar refractivity (Wildman–Crippen MR) is 38.3 cm³/mol. The Balaban J connectivity index is 3.26. The average Bonchev–Trinajstić information content (AvgIpc) is 1.83. The molecule has 0 aromatic carbocycles. The number of hydrogen-bond donors (Lipinski definition) is 0. The lowest BCUT2D eigenvalue weighted by atomic mass is 10.5. The monoisotopic (exact) mass is 149 g/mol. The van der Waals surface area contributed by atoms with Gasteiger partial charge in [0.15, 0.2) is 0 Å². The van der Waals surface area contributed by atoms with Crippen molar-refractivity contribution in [2.75, 3.05) is 11.6 Å². The normalized spacial score (nSPS) is 12.6. The van der Waals surface area contributed by atoms with Gasteiger partial charge in [0.25, 0.3) is 0 Å². The summed E-state index contributed by atoms with van der Waals surface area (Å²) in [7, 11) is 0. The molecule has 1 atom stereocenters. The molecule has 0 aromatic rings. The van der Waals surface area contributed by atoms with E-state index >= 15 is 0 Å². The van der Waals surface area contributed by atoms with Gasteiger partial charge in [-0.15, -0.1) is 23.4 Å². The summed E-state index contributed by atoms with van der Waals surface area (Å²) in [6.45, 7) is 2.02. The summed E-state index contributed by atoms with van der Waals surface area (Å²) < 4.78 is 0. The van der Waals surface area contributed by atoms with Crippen molar-refractivity contribution in [3.8, 4) is 6.07 Å². The van der Waals surface area contributed by atoms with Gasteiger partial charge in [0.1, 0.15) is 5.25 Å². The number of hydrogen-bond acceptors (Lipinski definition) is 2. The summed E-state index contributed by atoms with van der Waals surface area (Å²) in [4.78, 5) is 0. The Bertz CT molecular complexity index is 88.9. The lowest BCUT2D eigenvalue weighted by Gasteiger charge is -1.98. The van der Waals surface area contributed by atoms with Crippen molar-refractivity contribution in [2.24, 2.45) is 0 Å². The molecule has 0 radical (unpaired) electrons. The number of nitrogens with zero attached hydrogens (tertiary/aromatic N) is 1. The van der Waals surface area contributed by atoms with E-state index in [0.717, 1.165) is 5.75 Å². The van der Waals surface area contributed by atoms with E-state index in [4.69, 9.17) is 16.9 Å². The lowest BCUT2D eigenvalue weighted by Crippen LogP contribution is -1.99. The molecule has 0 aliphatic rings. The molecular formula is C5H8ClNS. The fraction of sp³-hybridized carbons (Fsp3) is 0.800. The van der Waals surface area contributed by atoms with Crippen molar-refractivity contribution >= 4 is 23.4 Å². The second-order valence-corrected chi connectivity index (χ2v) is 3.02. The summed E-state index contributed by atoms with van der Waals surface area (Å²) in [5, 5.41) is 8.29. The van der Waals surface area contributed by atoms with Gasteiger partial charge in [0.05, 0.1) is 6.07 Å². The third kappa shape index (κ3) is 3.17. The molecule has 0 amide bonds. The second kappa shape index (κ2) is 5.27. The van der Waals surface area contributed by atoms with Crippen LogP contribution in [0.3, 0.4) is 0 Å². The van der Waals surface area contributed by atoms with E-state index in [1.54, 1.807) is 11.8 Å². The van der Waals surface area contributed by atoms with E-state index in [9.17, 15) is 0 Å². The van der Waals surface area contributed by atoms with Crippen molar-refractivity contribution in [1.82, 2.24) is 0 Å². The fourth-order valence-corrected chi connectivity index (χ4v) is 1.22. The van der Waals surface area contributed by atoms with E-state index in [0.29, 0.717) is 5.88 Å². The van der Waals surface area contributed by atoms with Gasteiger partial charge < -0.3 is 0 Å². The fourth-order valence-electron chi connectivity index (χ4n) is 0.317. The van der Waals surface area contributed by atoms with Crippen molar-refractivity contribution in [1.29, 1.82) is 5.26 Å². The lowest BCUT2D eigenvalue weighted by molar-refractivity contribution is 1.24. The number of thioether (sulfide) groups is 1. The maximum absolute atomic E-state index is 8.30. The summed E-state index contributed by atoms with van der Waals surface area (Å²) in [6, 6.07) is 2.08. The molecule has 0 heterocycles. The Morgan fingerprint density at radius 1 is 1.88 bits per heavy atom. The van der Waals surface area contributed by atoms with E-state index < -0.39 is 0 Å². The first-order valence-electron chi connectivity index (χ1n) is 2.42. The van der Waals surface area contributed by atoms with Gasteiger partial charge in [-0.05, 0) is 5.75 Å². The van der Waals surface area contributed by atoms with E-state index in [1.807, 2.05) is 6.92 Å². The second-order valence-electron chi connectivity index (χ2n) is 1.23. The highest BCUT2D eigenvalue weighted by Gasteiger charge is 2.01. The SMILES string of the molecule is CCSC(C#N)CCl. The molecule has 3 heteroatoms. The van der Waals surface area contributed by atoms with Crippen LogP contribution in [0.1, 0.15) is 6.92 Å². The molecule has 0 saturated heterocycles. The smallest absolute Gasteiger partial charge is 0.105 e. The Morgan fingerprint density at radius 2 is 2.50 bits per heavy atom. The first-order valence-corrected chi connectivity index (χ1v) is 4.00. The number of alkyl halides is 1. The highest BCUT2D eigenvalue weighted by molar-refractivity contribution is 8.00. The van der Waals surface area contributed by atoms with Crippen molar-refractivity contribution < 1.29 is 0 Å². The molecule has 0 spiro atoms. The topological polar surface area (TPSA) is 23.8 Å². The minimum absolute atomic E-state index is 0.0123. The molecule has 46 valence electrons. The summed E-state index contributed by atoms with van der Waals surface area (Å²) in [6.07, 6.45) is 0. The van der Waals surface area contributed by atoms with Crippen LogP contribution in [0, 0.1) is 11.3 Å². The Labute approximate surface area is 59.0 Å². The minimum atomic E-state index is -0.0123. The van der Waals surface area contributed by atoms with Gasteiger partial charge >= 0.3 is 0 Å². The molecule has 8 heavy (non-hydrogen) atoms. The third-order valence-corrected chi connectivity index (χ3v) is 2.15. The maximum Gasteiger partial charge on any atom is 0.105 e. The van der Waals surface area contributed by atoms with Crippen LogP contribution < -0.4 is 0 Å². The van der Waals surface area contributed by atoms with Crippen LogP contribution in [-0.4, -0.2) is 16.9 Å². The van der Waals surface area contributed by atoms with Gasteiger partial charge in [-0.2, -0.15) is 5.26 Å². The van der Waals surface area contributed by atoms with Gasteiger partial charge in [-0.1, -0.05) is 6.92 Å². The van der Waals surface area contributed by atoms with Gasteiger partial charge in [0.2, 0.25) is 0 Å². The number of halogens is 1. The van der Waals surface area contributed by atoms with E-state index in [2.05, 4.69) is 6.07 Å². The number of nitriles is 1. The van der Waals surface area contributed by atoms with Crippen LogP contribution in [0.25, 0.3) is 0 Å². The maximum atomic E-state index is 8.30. The predicted octanol–water partition coefficient (Wildman–Crippen LogP) is 1.87. The Hall–Kier alpha value is 0.130.